The third-order valence-corrected chi connectivity index (χ3v) is 4.28. The third-order valence-electron chi connectivity index (χ3n) is 4.28. The van der Waals surface area contributed by atoms with Crippen molar-refractivity contribution in [2.45, 2.75) is 44.4 Å². The number of hydrogen-bond donors (Lipinski definition) is 3. The molecule has 3 nitrogen and oxygen atoms in total. The van der Waals surface area contributed by atoms with Gasteiger partial charge < -0.3 is 15.5 Å². The van der Waals surface area contributed by atoms with Gasteiger partial charge in [0, 0.05) is 18.2 Å². The minimum atomic E-state index is -0.126. The van der Waals surface area contributed by atoms with Gasteiger partial charge in [-0.2, -0.15) is 0 Å². The van der Waals surface area contributed by atoms with Gasteiger partial charge in [0.1, 0.15) is 5.75 Å². The van der Waals surface area contributed by atoms with E-state index in [4.69, 9.17) is 0 Å². The fourth-order valence-corrected chi connectivity index (χ4v) is 3.04. The van der Waals surface area contributed by atoms with Gasteiger partial charge in [-0.05, 0) is 42.5 Å². The highest BCUT2D eigenvalue weighted by Crippen LogP contribution is 2.27. The molecule has 0 spiro atoms. The molecule has 0 bridgehead atoms. The van der Waals surface area contributed by atoms with Crippen molar-refractivity contribution in [1.29, 1.82) is 0 Å². The first-order chi connectivity index (χ1) is 9.74. The Hall–Kier alpha value is -1.58. The molecule has 3 heteroatoms. The van der Waals surface area contributed by atoms with Crippen LogP contribution in [0.3, 0.4) is 0 Å². The van der Waals surface area contributed by atoms with E-state index >= 15 is 0 Å². The highest BCUT2D eigenvalue weighted by atomic mass is 16.3. The quantitative estimate of drug-likeness (QED) is 0.804. The maximum absolute atomic E-state index is 10.1. The highest BCUT2D eigenvalue weighted by molar-refractivity contribution is 5.87. The van der Waals surface area contributed by atoms with E-state index in [0.29, 0.717) is 18.3 Å². The first-order valence-corrected chi connectivity index (χ1v) is 7.35. The molecule has 0 aliphatic heterocycles. The van der Waals surface area contributed by atoms with Gasteiger partial charge in [0.2, 0.25) is 0 Å². The Balaban J connectivity index is 1.75. The predicted octanol–water partition coefficient (Wildman–Crippen LogP) is 2.94. The van der Waals surface area contributed by atoms with Crippen molar-refractivity contribution in [2.24, 2.45) is 0 Å². The lowest BCUT2D eigenvalue weighted by atomic mass is 9.93. The van der Waals surface area contributed by atoms with Crippen LogP contribution in [0.2, 0.25) is 0 Å². The largest absolute Gasteiger partial charge is 0.508 e. The topological polar surface area (TPSA) is 52.5 Å². The molecule has 0 unspecified atom stereocenters. The van der Waals surface area contributed by atoms with Crippen molar-refractivity contribution in [2.75, 3.05) is 0 Å². The van der Waals surface area contributed by atoms with Crippen LogP contribution in [0.4, 0.5) is 0 Å². The maximum Gasteiger partial charge on any atom is 0.120 e. The van der Waals surface area contributed by atoms with Crippen LogP contribution in [-0.2, 0) is 6.54 Å². The first kappa shape index (κ1) is 13.4. The minimum absolute atomic E-state index is 0.126. The summed E-state index contributed by atoms with van der Waals surface area (Å²) < 4.78 is 0. The fourth-order valence-electron chi connectivity index (χ4n) is 3.04. The number of aliphatic hydroxyl groups excluding tert-OH is 1. The van der Waals surface area contributed by atoms with Crippen LogP contribution in [-0.4, -0.2) is 22.4 Å². The average molecular weight is 271 g/mol. The molecule has 0 saturated heterocycles. The average Bonchev–Trinajstić information content (AvgIpc) is 2.48. The number of aliphatic hydroxyl groups is 1. The monoisotopic (exact) mass is 271 g/mol. The summed E-state index contributed by atoms with van der Waals surface area (Å²) in [4.78, 5) is 0. The van der Waals surface area contributed by atoms with Crippen molar-refractivity contribution >= 4 is 10.8 Å². The van der Waals surface area contributed by atoms with Gasteiger partial charge in [-0.25, -0.2) is 0 Å². The van der Waals surface area contributed by atoms with Gasteiger partial charge in [0.25, 0.3) is 0 Å². The van der Waals surface area contributed by atoms with E-state index in [9.17, 15) is 10.2 Å². The molecule has 3 rings (SSSR count). The Kier molecular flexibility index (Phi) is 3.90. The molecule has 1 saturated carbocycles. The zero-order valence-corrected chi connectivity index (χ0v) is 11.5. The van der Waals surface area contributed by atoms with Gasteiger partial charge in [-0.15, -0.1) is 0 Å². The molecule has 106 valence electrons. The van der Waals surface area contributed by atoms with E-state index in [1.165, 1.54) is 0 Å². The first-order valence-electron chi connectivity index (χ1n) is 7.35. The molecule has 20 heavy (non-hydrogen) atoms. The standard InChI is InChI=1S/C17H21NO2/c19-14-8-6-13(7-9-14)18-11-16-15-4-2-1-3-12(15)5-10-17(16)20/h1-5,10,13-14,18-20H,6-9,11H2. The molecule has 0 amide bonds. The van der Waals surface area contributed by atoms with Crippen molar-refractivity contribution in [3.8, 4) is 5.75 Å². The van der Waals surface area contributed by atoms with E-state index < -0.39 is 0 Å². The van der Waals surface area contributed by atoms with Gasteiger partial charge in [0.15, 0.2) is 0 Å². The molecular weight excluding hydrogens is 250 g/mol. The maximum atomic E-state index is 10.1. The Morgan fingerprint density at radius 3 is 2.55 bits per heavy atom. The second-order valence-electron chi connectivity index (χ2n) is 5.67. The summed E-state index contributed by atoms with van der Waals surface area (Å²) in [6, 6.07) is 12.3. The summed E-state index contributed by atoms with van der Waals surface area (Å²) in [7, 11) is 0. The number of phenols is 1. The fraction of sp³-hybridized carbons (Fsp3) is 0.412. The minimum Gasteiger partial charge on any atom is -0.508 e. The Bertz CT molecular complexity index is 589. The molecule has 0 atom stereocenters. The van der Waals surface area contributed by atoms with Crippen molar-refractivity contribution in [3.63, 3.8) is 0 Å². The normalized spacial score (nSPS) is 23.1. The van der Waals surface area contributed by atoms with E-state index in [1.54, 1.807) is 6.07 Å². The molecule has 1 fully saturated rings. The summed E-state index contributed by atoms with van der Waals surface area (Å²) in [6.45, 7) is 0.675. The summed E-state index contributed by atoms with van der Waals surface area (Å²) in [5, 5.41) is 25.4. The number of nitrogens with one attached hydrogen (secondary N) is 1. The van der Waals surface area contributed by atoms with Gasteiger partial charge in [-0.3, -0.25) is 0 Å². The Morgan fingerprint density at radius 1 is 1.00 bits per heavy atom. The predicted molar refractivity (Wildman–Crippen MR) is 80.7 cm³/mol. The van der Waals surface area contributed by atoms with Crippen LogP contribution in [0.5, 0.6) is 5.75 Å². The SMILES string of the molecule is Oc1ccc2ccccc2c1CNC1CCC(O)CC1. The lowest BCUT2D eigenvalue weighted by Crippen LogP contribution is -2.34. The molecule has 2 aromatic rings. The van der Waals surface area contributed by atoms with Crippen LogP contribution in [0, 0.1) is 0 Å². The third kappa shape index (κ3) is 2.79. The van der Waals surface area contributed by atoms with Gasteiger partial charge >= 0.3 is 0 Å². The van der Waals surface area contributed by atoms with E-state index in [1.807, 2.05) is 18.2 Å². The van der Waals surface area contributed by atoms with Crippen LogP contribution in [0.15, 0.2) is 36.4 Å². The molecule has 0 heterocycles. The molecule has 0 aromatic heterocycles. The number of fused-ring (bicyclic) bond motifs is 1. The van der Waals surface area contributed by atoms with Crippen LogP contribution >= 0.6 is 0 Å². The Morgan fingerprint density at radius 2 is 1.75 bits per heavy atom. The van der Waals surface area contributed by atoms with E-state index in [-0.39, 0.29) is 6.10 Å². The molecule has 1 aliphatic carbocycles. The smallest absolute Gasteiger partial charge is 0.120 e. The van der Waals surface area contributed by atoms with E-state index in [0.717, 1.165) is 42.0 Å². The Labute approximate surface area is 119 Å². The number of benzene rings is 2. The number of hydrogen-bond acceptors (Lipinski definition) is 3. The zero-order valence-electron chi connectivity index (χ0n) is 11.5. The van der Waals surface area contributed by atoms with E-state index in [2.05, 4.69) is 17.4 Å². The molecule has 3 N–H and O–H groups in total. The van der Waals surface area contributed by atoms with Crippen molar-refractivity contribution in [3.05, 3.63) is 42.0 Å². The number of aromatic hydroxyl groups is 1. The molecular formula is C17H21NO2. The molecule has 2 aromatic carbocycles. The molecule has 0 radical (unpaired) electrons. The van der Waals surface area contributed by atoms with Crippen LogP contribution in [0.25, 0.3) is 10.8 Å². The van der Waals surface area contributed by atoms with Gasteiger partial charge in [-0.1, -0.05) is 30.3 Å². The van der Waals surface area contributed by atoms with Crippen LogP contribution < -0.4 is 5.32 Å². The molecule has 1 aliphatic rings. The van der Waals surface area contributed by atoms with Crippen molar-refractivity contribution < 1.29 is 10.2 Å². The summed E-state index contributed by atoms with van der Waals surface area (Å²) in [6.07, 6.45) is 3.64. The van der Waals surface area contributed by atoms with Gasteiger partial charge in [0.05, 0.1) is 6.10 Å². The number of phenolic OH excluding ortho intramolecular Hbond substituents is 1. The van der Waals surface area contributed by atoms with Crippen molar-refractivity contribution in [1.82, 2.24) is 5.32 Å². The summed E-state index contributed by atoms with van der Waals surface area (Å²) >= 11 is 0. The zero-order chi connectivity index (χ0) is 13.9. The summed E-state index contributed by atoms with van der Waals surface area (Å²) in [5.41, 5.74) is 0.967. The second kappa shape index (κ2) is 5.81. The van der Waals surface area contributed by atoms with Crippen LogP contribution in [0.1, 0.15) is 31.2 Å². The lowest BCUT2D eigenvalue weighted by Gasteiger charge is -2.26. The second-order valence-corrected chi connectivity index (χ2v) is 5.67. The number of rotatable bonds is 3. The highest BCUT2D eigenvalue weighted by Gasteiger charge is 2.19. The lowest BCUT2D eigenvalue weighted by molar-refractivity contribution is 0.116. The summed E-state index contributed by atoms with van der Waals surface area (Å²) in [5.74, 6) is 0.354.